The predicted molar refractivity (Wildman–Crippen MR) is 231 cm³/mol. The summed E-state index contributed by atoms with van der Waals surface area (Å²) >= 11 is 0. The summed E-state index contributed by atoms with van der Waals surface area (Å²) in [7, 11) is 0. The molecule has 0 N–H and O–H groups in total. The highest BCUT2D eigenvalue weighted by Gasteiger charge is 2.15. The van der Waals surface area contributed by atoms with Crippen molar-refractivity contribution in [3.05, 3.63) is 204 Å². The van der Waals surface area contributed by atoms with E-state index >= 15 is 0 Å². The lowest BCUT2D eigenvalue weighted by molar-refractivity contribution is 1.18. The van der Waals surface area contributed by atoms with E-state index < -0.39 is 0 Å². The Bertz CT molecular complexity index is 2910. The molecule has 2 heterocycles. The van der Waals surface area contributed by atoms with Crippen LogP contribution < -0.4 is 0 Å². The third-order valence-corrected chi connectivity index (χ3v) is 10.9. The van der Waals surface area contributed by atoms with Gasteiger partial charge in [0.25, 0.3) is 0 Å². The Kier molecular flexibility index (Phi) is 7.63. The van der Waals surface area contributed by atoms with Crippen LogP contribution in [0.4, 0.5) is 0 Å². The van der Waals surface area contributed by atoms with E-state index in [1.165, 1.54) is 99.5 Å². The highest BCUT2D eigenvalue weighted by atomic mass is 15.0. The smallest absolute Gasteiger partial charge is 0.0541 e. The summed E-state index contributed by atoms with van der Waals surface area (Å²) in [6.45, 7) is 4.33. The first kappa shape index (κ1) is 31.8. The van der Waals surface area contributed by atoms with Crippen molar-refractivity contribution in [2.45, 2.75) is 13.8 Å². The number of fused-ring (bicyclic) bond motifs is 6. The molecule has 0 saturated heterocycles. The van der Waals surface area contributed by atoms with Crippen LogP contribution in [0.2, 0.25) is 0 Å². The van der Waals surface area contributed by atoms with Gasteiger partial charge >= 0.3 is 0 Å². The van der Waals surface area contributed by atoms with Crippen molar-refractivity contribution in [1.82, 2.24) is 9.13 Å². The molecule has 10 rings (SSSR count). The minimum Gasteiger partial charge on any atom is -0.309 e. The largest absolute Gasteiger partial charge is 0.309 e. The lowest BCUT2D eigenvalue weighted by Crippen LogP contribution is -1.96. The highest BCUT2D eigenvalue weighted by Crippen LogP contribution is 2.37. The molecule has 0 bridgehead atoms. The Morgan fingerprint density at radius 1 is 0.352 bits per heavy atom. The first-order valence-corrected chi connectivity index (χ1v) is 18.7. The van der Waals surface area contributed by atoms with Gasteiger partial charge in [-0.25, -0.2) is 0 Å². The molecule has 0 amide bonds. The van der Waals surface area contributed by atoms with Gasteiger partial charge in [-0.15, -0.1) is 0 Å². The normalized spacial score (nSPS) is 11.8. The standard InChI is InChI=1S/C52H38N2/c1-35-15-31-51-46(33-35)47-34-36(2)16-32-52(47)53(51)42-29-27-40(28-30-42)39-23-19-37(20-24-39)17-18-38-21-25-41(26-22-38)43-9-3-6-12-48(43)54-49-13-7-4-10-44(49)45-11-5-8-14-50(45)54/h3-34H,1-2H3. The Hall–Kier alpha value is -6.90. The van der Waals surface area contributed by atoms with Gasteiger partial charge in [0.05, 0.1) is 27.8 Å². The van der Waals surface area contributed by atoms with E-state index in [1.807, 2.05) is 0 Å². The van der Waals surface area contributed by atoms with Crippen LogP contribution in [0.1, 0.15) is 22.3 Å². The fourth-order valence-corrected chi connectivity index (χ4v) is 8.18. The van der Waals surface area contributed by atoms with Crippen molar-refractivity contribution in [3.8, 4) is 33.6 Å². The van der Waals surface area contributed by atoms with Crippen LogP contribution in [0.25, 0.3) is 89.4 Å². The Morgan fingerprint density at radius 3 is 1.35 bits per heavy atom. The molecule has 0 unspecified atom stereocenters. The summed E-state index contributed by atoms with van der Waals surface area (Å²) in [5.74, 6) is 0. The van der Waals surface area contributed by atoms with Crippen LogP contribution in [0.15, 0.2) is 182 Å². The van der Waals surface area contributed by atoms with E-state index in [0.29, 0.717) is 0 Å². The van der Waals surface area contributed by atoms with Crippen LogP contribution in [0, 0.1) is 13.8 Å². The molecule has 256 valence electrons. The van der Waals surface area contributed by atoms with Gasteiger partial charge in [-0.2, -0.15) is 0 Å². The predicted octanol–water partition coefficient (Wildman–Crippen LogP) is 14.0. The zero-order valence-electron chi connectivity index (χ0n) is 30.4. The molecular formula is C52H38N2. The number of aromatic nitrogens is 2. The fraction of sp³-hybridized carbons (Fsp3) is 0.0385. The molecule has 2 aromatic heterocycles. The van der Waals surface area contributed by atoms with E-state index in [4.69, 9.17) is 0 Å². The van der Waals surface area contributed by atoms with Gasteiger partial charge in [0.15, 0.2) is 0 Å². The minimum absolute atomic E-state index is 1.17. The lowest BCUT2D eigenvalue weighted by atomic mass is 10.0. The Morgan fingerprint density at radius 2 is 0.796 bits per heavy atom. The van der Waals surface area contributed by atoms with Crippen LogP contribution >= 0.6 is 0 Å². The van der Waals surface area contributed by atoms with Crippen molar-refractivity contribution in [3.63, 3.8) is 0 Å². The molecule has 8 aromatic carbocycles. The van der Waals surface area contributed by atoms with Crippen LogP contribution in [0.5, 0.6) is 0 Å². The van der Waals surface area contributed by atoms with E-state index in [1.54, 1.807) is 0 Å². The van der Waals surface area contributed by atoms with Crippen LogP contribution in [-0.4, -0.2) is 9.13 Å². The first-order valence-electron chi connectivity index (χ1n) is 18.7. The molecule has 0 aliphatic carbocycles. The molecule has 0 spiro atoms. The zero-order valence-corrected chi connectivity index (χ0v) is 30.4. The van der Waals surface area contributed by atoms with Crippen LogP contribution in [-0.2, 0) is 0 Å². The second-order valence-corrected chi connectivity index (χ2v) is 14.4. The molecule has 0 aliphatic rings. The molecule has 10 aromatic rings. The Labute approximate surface area is 315 Å². The number of benzene rings is 8. The van der Waals surface area contributed by atoms with Gasteiger partial charge in [-0.1, -0.05) is 151 Å². The van der Waals surface area contributed by atoms with E-state index in [-0.39, 0.29) is 0 Å². The summed E-state index contributed by atoms with van der Waals surface area (Å²) in [5.41, 5.74) is 17.0. The third-order valence-electron chi connectivity index (χ3n) is 10.9. The van der Waals surface area contributed by atoms with Gasteiger partial charge < -0.3 is 9.13 Å². The summed E-state index contributed by atoms with van der Waals surface area (Å²) in [5, 5.41) is 5.15. The SMILES string of the molecule is Cc1ccc2c(c1)c1cc(C)ccc1n2-c1ccc(-c2ccc(C=Cc3ccc(-c4ccccc4-n4c5ccccc5c5ccccc54)cc3)cc2)cc1. The van der Waals surface area contributed by atoms with Gasteiger partial charge in [-0.3, -0.25) is 0 Å². The number of rotatable bonds is 6. The van der Waals surface area contributed by atoms with Crippen molar-refractivity contribution in [1.29, 1.82) is 0 Å². The van der Waals surface area contributed by atoms with Crippen molar-refractivity contribution >= 4 is 55.8 Å². The molecule has 0 atom stereocenters. The number of nitrogens with zero attached hydrogens (tertiary/aromatic N) is 2. The number of aryl methyl sites for hydroxylation is 2. The summed E-state index contributed by atoms with van der Waals surface area (Å²) in [4.78, 5) is 0. The molecule has 0 radical (unpaired) electrons. The zero-order chi connectivity index (χ0) is 36.2. The van der Waals surface area contributed by atoms with Gasteiger partial charge in [-0.05, 0) is 96.3 Å². The van der Waals surface area contributed by atoms with E-state index in [0.717, 1.165) is 0 Å². The third kappa shape index (κ3) is 5.43. The number of hydrogen-bond donors (Lipinski definition) is 0. The van der Waals surface area contributed by atoms with Crippen molar-refractivity contribution in [2.24, 2.45) is 0 Å². The van der Waals surface area contributed by atoms with Gasteiger partial charge in [0.2, 0.25) is 0 Å². The maximum Gasteiger partial charge on any atom is 0.0541 e. The summed E-state index contributed by atoms with van der Waals surface area (Å²) in [6.07, 6.45) is 4.39. The fourth-order valence-electron chi connectivity index (χ4n) is 8.18. The van der Waals surface area contributed by atoms with Crippen molar-refractivity contribution in [2.75, 3.05) is 0 Å². The maximum absolute atomic E-state index is 2.40. The summed E-state index contributed by atoms with van der Waals surface area (Å²) in [6, 6.07) is 66.3. The monoisotopic (exact) mass is 690 g/mol. The Balaban J connectivity index is 0.892. The van der Waals surface area contributed by atoms with E-state index in [2.05, 4.69) is 217 Å². The second-order valence-electron chi connectivity index (χ2n) is 14.4. The number of hydrogen-bond acceptors (Lipinski definition) is 0. The van der Waals surface area contributed by atoms with Crippen molar-refractivity contribution < 1.29 is 0 Å². The molecule has 2 nitrogen and oxygen atoms in total. The van der Waals surface area contributed by atoms with Crippen LogP contribution in [0.3, 0.4) is 0 Å². The highest BCUT2D eigenvalue weighted by molar-refractivity contribution is 6.10. The average Bonchev–Trinajstić information content (AvgIpc) is 3.72. The summed E-state index contributed by atoms with van der Waals surface area (Å²) < 4.78 is 4.79. The molecule has 2 heteroatoms. The quantitative estimate of drug-likeness (QED) is 0.154. The van der Waals surface area contributed by atoms with E-state index in [9.17, 15) is 0 Å². The number of para-hydroxylation sites is 3. The molecule has 0 fully saturated rings. The molecule has 0 saturated carbocycles. The second kappa shape index (κ2) is 12.9. The average molecular weight is 691 g/mol. The first-order chi connectivity index (χ1) is 26.6. The van der Waals surface area contributed by atoms with Gasteiger partial charge in [0, 0.05) is 32.8 Å². The molecule has 54 heavy (non-hydrogen) atoms. The maximum atomic E-state index is 2.40. The molecule has 0 aliphatic heterocycles. The van der Waals surface area contributed by atoms with Gasteiger partial charge in [0.1, 0.15) is 0 Å². The topological polar surface area (TPSA) is 9.86 Å². The minimum atomic E-state index is 1.17. The lowest BCUT2D eigenvalue weighted by Gasteiger charge is -2.14. The molecular weight excluding hydrogens is 653 g/mol.